The first-order valence-electron chi connectivity index (χ1n) is 6.05. The average Bonchev–Trinajstić information content (AvgIpc) is 2.73. The molecule has 0 spiro atoms. The van der Waals surface area contributed by atoms with Crippen molar-refractivity contribution in [1.82, 2.24) is 19.7 Å². The lowest BCUT2D eigenvalue weighted by atomic mass is 10.2. The molecule has 1 N–H and O–H groups in total. The number of hydrogen-bond acceptors (Lipinski definition) is 5. The van der Waals surface area contributed by atoms with Crippen LogP contribution in [-0.2, 0) is 11.8 Å². The third kappa shape index (κ3) is 2.00. The van der Waals surface area contributed by atoms with Crippen molar-refractivity contribution in [2.45, 2.75) is 17.3 Å². The van der Waals surface area contributed by atoms with Gasteiger partial charge in [0.1, 0.15) is 10.8 Å². The van der Waals surface area contributed by atoms with Crippen LogP contribution in [0.1, 0.15) is 6.92 Å². The van der Waals surface area contributed by atoms with Gasteiger partial charge in [0.2, 0.25) is 5.16 Å². The lowest BCUT2D eigenvalue weighted by Crippen LogP contribution is -2.12. The molecule has 0 aliphatic carbocycles. The first-order valence-corrected chi connectivity index (χ1v) is 6.93. The minimum Gasteiger partial charge on any atom is -0.480 e. The summed E-state index contributed by atoms with van der Waals surface area (Å²) in [6.07, 6.45) is 0. The molecule has 0 radical (unpaired) electrons. The fourth-order valence-electron chi connectivity index (χ4n) is 2.05. The average molecular weight is 288 g/mol. The van der Waals surface area contributed by atoms with E-state index < -0.39 is 11.2 Å². The smallest absolute Gasteiger partial charge is 0.316 e. The molecule has 7 heteroatoms. The van der Waals surface area contributed by atoms with Crippen LogP contribution in [0.4, 0.5) is 0 Å². The first-order chi connectivity index (χ1) is 9.58. The number of aromatic nitrogens is 4. The van der Waals surface area contributed by atoms with Gasteiger partial charge in [0.15, 0.2) is 5.65 Å². The van der Waals surface area contributed by atoms with E-state index in [-0.39, 0.29) is 0 Å². The topological polar surface area (TPSA) is 80.9 Å². The highest BCUT2D eigenvalue weighted by molar-refractivity contribution is 8.00. The lowest BCUT2D eigenvalue weighted by molar-refractivity contribution is -0.136. The maximum absolute atomic E-state index is 10.9. The number of aryl methyl sites for hydroxylation is 1. The number of carboxylic acid groups (broad SMARTS) is 1. The monoisotopic (exact) mass is 288 g/mol. The maximum Gasteiger partial charge on any atom is 0.316 e. The summed E-state index contributed by atoms with van der Waals surface area (Å²) < 4.78 is 1.94. The van der Waals surface area contributed by atoms with Crippen molar-refractivity contribution < 1.29 is 9.90 Å². The second-order valence-corrected chi connectivity index (χ2v) is 5.75. The van der Waals surface area contributed by atoms with Gasteiger partial charge in [-0.25, -0.2) is 4.98 Å². The number of hydrogen-bond donors (Lipinski definition) is 1. The Kier molecular flexibility index (Phi) is 3.06. The summed E-state index contributed by atoms with van der Waals surface area (Å²) in [6.45, 7) is 1.60. The van der Waals surface area contributed by atoms with Gasteiger partial charge in [-0.3, -0.25) is 4.79 Å². The summed E-state index contributed by atoms with van der Waals surface area (Å²) >= 11 is 1.09. The van der Waals surface area contributed by atoms with E-state index in [1.54, 1.807) is 6.92 Å². The highest BCUT2D eigenvalue weighted by Gasteiger charge is 2.17. The fraction of sp³-hybridized carbons (Fsp3) is 0.231. The minimum absolute atomic E-state index is 0.373. The van der Waals surface area contributed by atoms with Gasteiger partial charge in [0.25, 0.3) is 0 Å². The van der Waals surface area contributed by atoms with Crippen molar-refractivity contribution >= 4 is 39.8 Å². The first kappa shape index (κ1) is 12.9. The van der Waals surface area contributed by atoms with Gasteiger partial charge in [-0.05, 0) is 13.0 Å². The van der Waals surface area contributed by atoms with E-state index in [0.717, 1.165) is 28.2 Å². The number of benzene rings is 1. The number of para-hydroxylation sites is 1. The molecular formula is C13H12N4O2S. The number of carboxylic acids is 1. The van der Waals surface area contributed by atoms with Gasteiger partial charge >= 0.3 is 5.97 Å². The molecule has 0 amide bonds. The standard InChI is InChI=1S/C13H12N4O2S/c1-7(12(18)19)20-13-14-11-10(15-16-13)8-5-3-4-6-9(8)17(11)2/h3-7H,1-2H3,(H,18,19)/t7-/m0/s1. The van der Waals surface area contributed by atoms with Gasteiger partial charge in [-0.2, -0.15) is 0 Å². The molecule has 102 valence electrons. The van der Waals surface area contributed by atoms with Gasteiger partial charge in [0, 0.05) is 12.4 Å². The van der Waals surface area contributed by atoms with E-state index in [1.807, 2.05) is 35.9 Å². The third-order valence-corrected chi connectivity index (χ3v) is 4.06. The predicted octanol–water partition coefficient (Wildman–Crippen LogP) is 2.08. The fourth-order valence-corrected chi connectivity index (χ4v) is 2.69. The van der Waals surface area contributed by atoms with E-state index in [0.29, 0.717) is 10.8 Å². The zero-order valence-corrected chi connectivity index (χ0v) is 11.8. The van der Waals surface area contributed by atoms with Crippen LogP contribution < -0.4 is 0 Å². The van der Waals surface area contributed by atoms with Crippen molar-refractivity contribution in [3.63, 3.8) is 0 Å². The van der Waals surface area contributed by atoms with Crippen LogP contribution in [0.5, 0.6) is 0 Å². The van der Waals surface area contributed by atoms with Crippen molar-refractivity contribution in [3.8, 4) is 0 Å². The molecule has 20 heavy (non-hydrogen) atoms. The Balaban J connectivity index is 2.14. The molecule has 0 bridgehead atoms. The Morgan fingerprint density at radius 3 is 2.85 bits per heavy atom. The normalized spacial score (nSPS) is 12.9. The summed E-state index contributed by atoms with van der Waals surface area (Å²) in [5.41, 5.74) is 2.47. The van der Waals surface area contributed by atoms with Gasteiger partial charge in [0.05, 0.1) is 5.52 Å². The van der Waals surface area contributed by atoms with Gasteiger partial charge in [-0.1, -0.05) is 30.0 Å². The van der Waals surface area contributed by atoms with E-state index in [2.05, 4.69) is 15.2 Å². The van der Waals surface area contributed by atoms with Crippen LogP contribution in [0.25, 0.3) is 22.1 Å². The molecule has 0 fully saturated rings. The summed E-state index contributed by atoms with van der Waals surface area (Å²) in [7, 11) is 1.91. The third-order valence-electron chi connectivity index (χ3n) is 3.12. The molecule has 1 aromatic carbocycles. The number of carbonyl (C=O) groups is 1. The Hall–Kier alpha value is -2.15. The molecule has 0 aliphatic rings. The lowest BCUT2D eigenvalue weighted by Gasteiger charge is -2.03. The molecule has 3 rings (SSSR count). The highest BCUT2D eigenvalue weighted by Crippen LogP contribution is 2.26. The summed E-state index contributed by atoms with van der Waals surface area (Å²) in [5, 5.41) is 17.9. The number of aliphatic carboxylic acids is 1. The van der Waals surface area contributed by atoms with Crippen LogP contribution in [0, 0.1) is 0 Å². The van der Waals surface area contributed by atoms with Gasteiger partial charge in [-0.15, -0.1) is 10.2 Å². The number of thioether (sulfide) groups is 1. The van der Waals surface area contributed by atoms with Crippen LogP contribution in [-0.4, -0.2) is 36.1 Å². The van der Waals surface area contributed by atoms with E-state index in [9.17, 15) is 4.79 Å². The summed E-state index contributed by atoms with van der Waals surface area (Å²) in [6, 6.07) is 7.86. The molecule has 2 aromatic heterocycles. The molecule has 0 aliphatic heterocycles. The van der Waals surface area contributed by atoms with Crippen LogP contribution in [0.2, 0.25) is 0 Å². The summed E-state index contributed by atoms with van der Waals surface area (Å²) in [5.74, 6) is -0.893. The van der Waals surface area contributed by atoms with E-state index >= 15 is 0 Å². The number of rotatable bonds is 3. The number of nitrogens with zero attached hydrogens (tertiary/aromatic N) is 4. The Morgan fingerprint density at radius 1 is 1.35 bits per heavy atom. The maximum atomic E-state index is 10.9. The number of fused-ring (bicyclic) bond motifs is 3. The van der Waals surface area contributed by atoms with Crippen LogP contribution in [0.15, 0.2) is 29.4 Å². The second-order valence-electron chi connectivity index (χ2n) is 4.44. The second kappa shape index (κ2) is 4.75. The molecular weight excluding hydrogens is 276 g/mol. The molecule has 6 nitrogen and oxygen atoms in total. The predicted molar refractivity (Wildman–Crippen MR) is 76.8 cm³/mol. The van der Waals surface area contributed by atoms with Crippen molar-refractivity contribution in [1.29, 1.82) is 0 Å². The molecule has 1 atom stereocenters. The minimum atomic E-state index is -0.893. The molecule has 0 unspecified atom stereocenters. The van der Waals surface area contributed by atoms with Crippen molar-refractivity contribution in [2.24, 2.45) is 7.05 Å². The Morgan fingerprint density at radius 2 is 2.10 bits per heavy atom. The largest absolute Gasteiger partial charge is 0.480 e. The highest BCUT2D eigenvalue weighted by atomic mass is 32.2. The zero-order valence-electron chi connectivity index (χ0n) is 10.9. The Bertz CT molecular complexity index is 815. The SMILES string of the molecule is C[C@H](Sc1nnc2c3ccccc3n(C)c2n1)C(=O)O. The molecule has 2 heterocycles. The Labute approximate surface area is 118 Å². The molecule has 0 saturated heterocycles. The molecule has 0 saturated carbocycles. The quantitative estimate of drug-likeness (QED) is 0.743. The zero-order chi connectivity index (χ0) is 14.3. The summed E-state index contributed by atoms with van der Waals surface area (Å²) in [4.78, 5) is 15.3. The van der Waals surface area contributed by atoms with Crippen LogP contribution >= 0.6 is 11.8 Å². The van der Waals surface area contributed by atoms with Crippen molar-refractivity contribution in [3.05, 3.63) is 24.3 Å². The van der Waals surface area contributed by atoms with Crippen molar-refractivity contribution in [2.75, 3.05) is 0 Å². The van der Waals surface area contributed by atoms with E-state index in [1.165, 1.54) is 0 Å². The van der Waals surface area contributed by atoms with Crippen LogP contribution in [0.3, 0.4) is 0 Å². The van der Waals surface area contributed by atoms with E-state index in [4.69, 9.17) is 5.11 Å². The van der Waals surface area contributed by atoms with Gasteiger partial charge < -0.3 is 9.67 Å². The molecule has 3 aromatic rings.